The van der Waals surface area contributed by atoms with Crippen molar-refractivity contribution in [2.45, 2.75) is 43.8 Å². The predicted molar refractivity (Wildman–Crippen MR) is 85.5 cm³/mol. The SMILES string of the molecule is C#CCCC1(CCC(=O)N2CCC(Nc3ncccn3)C2)N=N1. The molecular formula is C16H20N6O. The summed E-state index contributed by atoms with van der Waals surface area (Å²) < 4.78 is 0. The van der Waals surface area contributed by atoms with Gasteiger partial charge in [-0.05, 0) is 12.5 Å². The van der Waals surface area contributed by atoms with Crippen LogP contribution < -0.4 is 5.32 Å². The van der Waals surface area contributed by atoms with Gasteiger partial charge in [-0.25, -0.2) is 9.97 Å². The lowest BCUT2D eigenvalue weighted by Crippen LogP contribution is -2.32. The van der Waals surface area contributed by atoms with Gasteiger partial charge >= 0.3 is 0 Å². The van der Waals surface area contributed by atoms with Crippen molar-refractivity contribution in [3.05, 3.63) is 18.5 Å². The Morgan fingerprint density at radius 3 is 2.87 bits per heavy atom. The number of carbonyl (C=O) groups excluding carboxylic acids is 1. The molecule has 3 heterocycles. The molecule has 1 amide bonds. The normalized spacial score (nSPS) is 21.0. The highest BCUT2D eigenvalue weighted by Gasteiger charge is 2.40. The van der Waals surface area contributed by atoms with Gasteiger partial charge in [0.25, 0.3) is 0 Å². The first-order valence-electron chi connectivity index (χ1n) is 7.90. The van der Waals surface area contributed by atoms with E-state index >= 15 is 0 Å². The Bertz CT molecular complexity index is 617. The second-order valence-corrected chi connectivity index (χ2v) is 5.93. The van der Waals surface area contributed by atoms with E-state index in [-0.39, 0.29) is 17.6 Å². The number of rotatable bonds is 7. The van der Waals surface area contributed by atoms with Crippen LogP contribution in [0.1, 0.15) is 32.1 Å². The molecule has 1 unspecified atom stereocenters. The van der Waals surface area contributed by atoms with E-state index in [1.54, 1.807) is 18.5 Å². The minimum Gasteiger partial charge on any atom is -0.350 e. The smallest absolute Gasteiger partial charge is 0.222 e. The molecule has 1 atom stereocenters. The molecule has 23 heavy (non-hydrogen) atoms. The van der Waals surface area contributed by atoms with Gasteiger partial charge in [0, 0.05) is 57.2 Å². The lowest BCUT2D eigenvalue weighted by atomic mass is 10.0. The lowest BCUT2D eigenvalue weighted by Gasteiger charge is -2.18. The third-order valence-electron chi connectivity index (χ3n) is 4.23. The quantitative estimate of drug-likeness (QED) is 0.779. The predicted octanol–water partition coefficient (Wildman–Crippen LogP) is 1.85. The zero-order chi connectivity index (χ0) is 16.1. The van der Waals surface area contributed by atoms with Gasteiger partial charge in [-0.1, -0.05) is 0 Å². The van der Waals surface area contributed by atoms with Gasteiger partial charge in [-0.2, -0.15) is 10.2 Å². The summed E-state index contributed by atoms with van der Waals surface area (Å²) in [5.74, 6) is 3.36. The summed E-state index contributed by atoms with van der Waals surface area (Å²) in [6, 6.07) is 1.98. The molecule has 1 fully saturated rings. The van der Waals surface area contributed by atoms with Gasteiger partial charge in [0.1, 0.15) is 0 Å². The van der Waals surface area contributed by atoms with Gasteiger partial charge in [0.2, 0.25) is 11.9 Å². The highest BCUT2D eigenvalue weighted by Crippen LogP contribution is 2.37. The number of aromatic nitrogens is 2. The maximum absolute atomic E-state index is 12.3. The lowest BCUT2D eigenvalue weighted by molar-refractivity contribution is -0.130. The van der Waals surface area contributed by atoms with Crippen LogP contribution in [0.5, 0.6) is 0 Å². The maximum atomic E-state index is 12.3. The fraction of sp³-hybridized carbons (Fsp3) is 0.562. The Hall–Kier alpha value is -2.49. The van der Waals surface area contributed by atoms with Crippen LogP contribution in [0.25, 0.3) is 0 Å². The van der Waals surface area contributed by atoms with Crippen molar-refractivity contribution in [1.82, 2.24) is 14.9 Å². The molecule has 7 heteroatoms. The summed E-state index contributed by atoms with van der Waals surface area (Å²) in [5.41, 5.74) is -0.378. The van der Waals surface area contributed by atoms with Gasteiger partial charge < -0.3 is 10.2 Å². The Balaban J connectivity index is 1.42. The van der Waals surface area contributed by atoms with E-state index in [1.807, 2.05) is 4.90 Å². The van der Waals surface area contributed by atoms with Crippen LogP contribution >= 0.6 is 0 Å². The molecule has 0 spiro atoms. The fourth-order valence-corrected chi connectivity index (χ4v) is 2.79. The number of nitrogens with zero attached hydrogens (tertiary/aromatic N) is 5. The van der Waals surface area contributed by atoms with Gasteiger partial charge in [0.05, 0.1) is 0 Å². The summed E-state index contributed by atoms with van der Waals surface area (Å²) in [6.07, 6.45) is 12.1. The van der Waals surface area contributed by atoms with E-state index in [9.17, 15) is 4.79 Å². The molecule has 7 nitrogen and oxygen atoms in total. The monoisotopic (exact) mass is 312 g/mol. The van der Waals surface area contributed by atoms with Crippen LogP contribution in [-0.4, -0.2) is 45.6 Å². The number of anilines is 1. The maximum Gasteiger partial charge on any atom is 0.222 e. The number of hydrogen-bond acceptors (Lipinski definition) is 6. The molecule has 2 aliphatic heterocycles. The van der Waals surface area contributed by atoms with Gasteiger partial charge in [0.15, 0.2) is 5.66 Å². The third kappa shape index (κ3) is 4.03. The number of terminal acetylenes is 1. The number of carbonyl (C=O) groups is 1. The summed E-state index contributed by atoms with van der Waals surface area (Å²) in [7, 11) is 0. The van der Waals surface area contributed by atoms with Gasteiger partial charge in [-0.15, -0.1) is 12.3 Å². The molecule has 120 valence electrons. The van der Waals surface area contributed by atoms with Crippen LogP contribution in [0.2, 0.25) is 0 Å². The molecule has 0 radical (unpaired) electrons. The molecule has 0 bridgehead atoms. The Labute approximate surface area is 135 Å². The molecule has 1 aromatic rings. The van der Waals surface area contributed by atoms with Crippen LogP contribution in [0, 0.1) is 12.3 Å². The van der Waals surface area contributed by atoms with E-state index in [0.717, 1.165) is 19.4 Å². The molecule has 3 rings (SSSR count). The van der Waals surface area contributed by atoms with Crippen molar-refractivity contribution in [2.75, 3.05) is 18.4 Å². The second-order valence-electron chi connectivity index (χ2n) is 5.93. The van der Waals surface area contributed by atoms with E-state index in [4.69, 9.17) is 6.42 Å². The number of hydrogen-bond donors (Lipinski definition) is 1. The number of amides is 1. The average Bonchev–Trinajstić information content (AvgIpc) is 3.20. The van der Waals surface area contributed by atoms with Crippen LogP contribution in [0.15, 0.2) is 28.7 Å². The molecule has 1 saturated heterocycles. The first kappa shape index (κ1) is 15.4. The molecule has 0 saturated carbocycles. The van der Waals surface area contributed by atoms with Crippen molar-refractivity contribution >= 4 is 11.9 Å². The Morgan fingerprint density at radius 1 is 1.39 bits per heavy atom. The van der Waals surface area contributed by atoms with Crippen molar-refractivity contribution in [1.29, 1.82) is 0 Å². The molecule has 1 aromatic heterocycles. The molecule has 0 aromatic carbocycles. The molecule has 1 N–H and O–H groups in total. The largest absolute Gasteiger partial charge is 0.350 e. The molecule has 2 aliphatic rings. The Kier molecular flexibility index (Phi) is 4.51. The molecular weight excluding hydrogens is 292 g/mol. The van der Waals surface area contributed by atoms with Crippen LogP contribution in [0.3, 0.4) is 0 Å². The van der Waals surface area contributed by atoms with Crippen LogP contribution in [0.4, 0.5) is 5.95 Å². The first-order valence-corrected chi connectivity index (χ1v) is 7.90. The Morgan fingerprint density at radius 2 is 2.17 bits per heavy atom. The highest BCUT2D eigenvalue weighted by molar-refractivity contribution is 5.76. The van der Waals surface area contributed by atoms with Crippen molar-refractivity contribution in [2.24, 2.45) is 10.2 Å². The first-order chi connectivity index (χ1) is 11.2. The standard InChI is InChI=1S/C16H20N6O/c1-2-3-7-16(20-21-16)8-5-14(23)22-11-6-13(12-22)19-15-17-9-4-10-18-15/h1,4,9-10,13H,3,5-8,11-12H2,(H,17,18,19). The number of nitrogens with one attached hydrogen (secondary N) is 1. The summed E-state index contributed by atoms with van der Waals surface area (Å²) in [4.78, 5) is 22.5. The van der Waals surface area contributed by atoms with E-state index in [1.165, 1.54) is 0 Å². The van der Waals surface area contributed by atoms with Crippen molar-refractivity contribution < 1.29 is 4.79 Å². The average molecular weight is 312 g/mol. The highest BCUT2D eigenvalue weighted by atomic mass is 16.2. The van der Waals surface area contributed by atoms with Gasteiger partial charge in [-0.3, -0.25) is 4.79 Å². The van der Waals surface area contributed by atoms with Crippen molar-refractivity contribution in [3.63, 3.8) is 0 Å². The summed E-state index contributed by atoms with van der Waals surface area (Å²) in [5, 5.41) is 11.4. The topological polar surface area (TPSA) is 82.8 Å². The third-order valence-corrected chi connectivity index (χ3v) is 4.23. The summed E-state index contributed by atoms with van der Waals surface area (Å²) in [6.45, 7) is 1.44. The van der Waals surface area contributed by atoms with Crippen LogP contribution in [-0.2, 0) is 4.79 Å². The fourth-order valence-electron chi connectivity index (χ4n) is 2.79. The van der Waals surface area contributed by atoms with E-state index < -0.39 is 0 Å². The minimum absolute atomic E-state index is 0.153. The summed E-state index contributed by atoms with van der Waals surface area (Å²) >= 11 is 0. The zero-order valence-corrected chi connectivity index (χ0v) is 13.0. The minimum atomic E-state index is -0.378. The molecule has 0 aliphatic carbocycles. The van der Waals surface area contributed by atoms with E-state index in [0.29, 0.717) is 31.8 Å². The van der Waals surface area contributed by atoms with E-state index in [2.05, 4.69) is 31.4 Å². The second kappa shape index (κ2) is 6.73. The zero-order valence-electron chi connectivity index (χ0n) is 13.0. The number of likely N-dealkylation sites (tertiary alicyclic amines) is 1. The van der Waals surface area contributed by atoms with Crippen molar-refractivity contribution in [3.8, 4) is 12.3 Å².